The Morgan fingerprint density at radius 1 is 1.31 bits per heavy atom. The molecule has 0 aliphatic rings. The number of nitrogens with one attached hydrogen (secondary N) is 1. The van der Waals surface area contributed by atoms with Crippen LogP contribution in [0.2, 0.25) is 0 Å². The first-order valence-electron chi connectivity index (χ1n) is 4.30. The number of hydrogen-bond acceptors (Lipinski definition) is 2. The first kappa shape index (κ1) is 11.9. The van der Waals surface area contributed by atoms with Gasteiger partial charge in [-0.15, -0.1) is 5.10 Å². The van der Waals surface area contributed by atoms with E-state index < -0.39 is 6.61 Å². The molecule has 5 nitrogen and oxygen atoms in total. The molecule has 1 rings (SSSR count). The molecular weight excluding hydrogens is 218 g/mol. The van der Waals surface area contributed by atoms with Crippen LogP contribution in [0.4, 0.5) is 8.78 Å². The number of nitrogens with two attached hydrogens (primary N) is 2. The van der Waals surface area contributed by atoms with E-state index in [4.69, 9.17) is 11.5 Å². The number of ether oxygens (including phenoxy) is 1. The highest BCUT2D eigenvalue weighted by atomic mass is 19.3. The first-order valence-corrected chi connectivity index (χ1v) is 4.30. The van der Waals surface area contributed by atoms with Crippen LogP contribution in [0.5, 0.6) is 5.75 Å². The molecule has 0 saturated carbocycles. The first-order chi connectivity index (χ1) is 7.58. The lowest BCUT2D eigenvalue weighted by molar-refractivity contribution is -0.456. The van der Waals surface area contributed by atoms with Gasteiger partial charge in [0.05, 0.1) is 0 Å². The summed E-state index contributed by atoms with van der Waals surface area (Å²) >= 11 is 0. The van der Waals surface area contributed by atoms with Crippen molar-refractivity contribution < 1.29 is 18.6 Å². The molecule has 16 heavy (non-hydrogen) atoms. The fourth-order valence-corrected chi connectivity index (χ4v) is 0.927. The summed E-state index contributed by atoms with van der Waals surface area (Å²) in [6.45, 7) is -2.82. The average molecular weight is 229 g/mol. The van der Waals surface area contributed by atoms with Crippen molar-refractivity contribution in [2.75, 3.05) is 0 Å². The molecular formula is C9H11F2N4O+. The van der Waals surface area contributed by atoms with Crippen LogP contribution in [0.25, 0.3) is 0 Å². The minimum absolute atomic E-state index is 0.0917. The van der Waals surface area contributed by atoms with Crippen molar-refractivity contribution in [3.8, 4) is 5.75 Å². The van der Waals surface area contributed by atoms with Gasteiger partial charge >= 0.3 is 6.61 Å². The van der Waals surface area contributed by atoms with Crippen molar-refractivity contribution in [3.05, 3.63) is 29.8 Å². The number of halogens is 2. The van der Waals surface area contributed by atoms with Gasteiger partial charge in [-0.25, -0.2) is 0 Å². The van der Waals surface area contributed by atoms with Gasteiger partial charge < -0.3 is 16.2 Å². The van der Waals surface area contributed by atoms with Crippen molar-refractivity contribution in [3.63, 3.8) is 0 Å². The molecule has 0 spiro atoms. The van der Waals surface area contributed by atoms with Crippen LogP contribution in [0.1, 0.15) is 5.56 Å². The van der Waals surface area contributed by atoms with E-state index in [2.05, 4.69) is 14.9 Å². The molecule has 0 unspecified atom stereocenters. The summed E-state index contributed by atoms with van der Waals surface area (Å²) < 4.78 is 27.8. The SMILES string of the molecule is NC(N)=N/[NH+]=C\c1ccc(OC(F)F)cc1. The lowest BCUT2D eigenvalue weighted by atomic mass is 10.2. The van der Waals surface area contributed by atoms with E-state index in [1.807, 2.05) is 0 Å². The highest BCUT2D eigenvalue weighted by Crippen LogP contribution is 2.13. The van der Waals surface area contributed by atoms with Gasteiger partial charge in [-0.05, 0) is 24.3 Å². The quantitative estimate of drug-likeness (QED) is 0.350. The van der Waals surface area contributed by atoms with Gasteiger partial charge in [0, 0.05) is 10.7 Å². The van der Waals surface area contributed by atoms with Gasteiger partial charge in [0.1, 0.15) is 5.75 Å². The molecule has 1 aromatic carbocycles. The van der Waals surface area contributed by atoms with Gasteiger partial charge in [0.2, 0.25) is 6.21 Å². The molecule has 1 aromatic rings. The van der Waals surface area contributed by atoms with Gasteiger partial charge in [-0.3, -0.25) is 0 Å². The maximum atomic E-state index is 11.8. The van der Waals surface area contributed by atoms with Gasteiger partial charge in [-0.1, -0.05) is 0 Å². The maximum Gasteiger partial charge on any atom is 0.387 e. The lowest BCUT2D eigenvalue weighted by Gasteiger charge is -2.02. The van der Waals surface area contributed by atoms with E-state index in [1.54, 1.807) is 12.1 Å². The third-order valence-electron chi connectivity index (χ3n) is 1.53. The Morgan fingerprint density at radius 3 is 2.44 bits per heavy atom. The molecule has 86 valence electrons. The zero-order valence-corrected chi connectivity index (χ0v) is 8.23. The number of hydrazone groups is 1. The summed E-state index contributed by atoms with van der Waals surface area (Å²) in [7, 11) is 0. The summed E-state index contributed by atoms with van der Waals surface area (Å²) in [6, 6.07) is 5.98. The average Bonchev–Trinajstić information content (AvgIpc) is 2.19. The highest BCUT2D eigenvalue weighted by Gasteiger charge is 2.03. The third kappa shape index (κ3) is 4.36. The Labute approximate surface area is 90.4 Å². The van der Waals surface area contributed by atoms with Crippen molar-refractivity contribution in [1.82, 2.24) is 0 Å². The second-order valence-electron chi connectivity index (χ2n) is 2.76. The van der Waals surface area contributed by atoms with E-state index in [0.717, 1.165) is 0 Å². The second kappa shape index (κ2) is 5.64. The number of alkyl halides is 2. The van der Waals surface area contributed by atoms with Crippen LogP contribution in [-0.2, 0) is 0 Å². The number of guanidine groups is 1. The molecule has 0 aliphatic carbocycles. The molecule has 0 radical (unpaired) electrons. The maximum absolute atomic E-state index is 11.8. The van der Waals surface area contributed by atoms with E-state index >= 15 is 0 Å². The predicted molar refractivity (Wildman–Crippen MR) is 55.0 cm³/mol. The van der Waals surface area contributed by atoms with E-state index in [-0.39, 0.29) is 11.7 Å². The summed E-state index contributed by atoms with van der Waals surface area (Å²) in [6.07, 6.45) is 1.51. The minimum atomic E-state index is -2.82. The molecule has 0 aliphatic heterocycles. The Balaban J connectivity index is 2.64. The van der Waals surface area contributed by atoms with Crippen molar-refractivity contribution in [1.29, 1.82) is 0 Å². The number of benzene rings is 1. The Kier molecular flexibility index (Phi) is 4.19. The van der Waals surface area contributed by atoms with E-state index in [1.165, 1.54) is 18.3 Å². The lowest BCUT2D eigenvalue weighted by Crippen LogP contribution is -2.63. The molecule has 0 heterocycles. The van der Waals surface area contributed by atoms with E-state index in [9.17, 15) is 8.78 Å². The minimum Gasteiger partial charge on any atom is -0.435 e. The monoisotopic (exact) mass is 229 g/mol. The van der Waals surface area contributed by atoms with Crippen LogP contribution >= 0.6 is 0 Å². The highest BCUT2D eigenvalue weighted by molar-refractivity contribution is 5.77. The summed E-state index contributed by atoms with van der Waals surface area (Å²) in [5, 5.41) is 5.99. The Hall–Kier alpha value is -2.18. The molecule has 0 saturated heterocycles. The molecule has 0 fully saturated rings. The van der Waals surface area contributed by atoms with Crippen molar-refractivity contribution >= 4 is 12.2 Å². The smallest absolute Gasteiger partial charge is 0.387 e. The molecule has 0 amide bonds. The van der Waals surface area contributed by atoms with Crippen LogP contribution in [-0.4, -0.2) is 18.8 Å². The van der Waals surface area contributed by atoms with Crippen molar-refractivity contribution in [2.24, 2.45) is 16.6 Å². The second-order valence-corrected chi connectivity index (χ2v) is 2.76. The molecule has 0 aromatic heterocycles. The van der Waals surface area contributed by atoms with Crippen LogP contribution in [0.3, 0.4) is 0 Å². The van der Waals surface area contributed by atoms with Crippen LogP contribution < -0.4 is 21.3 Å². The van der Waals surface area contributed by atoms with Gasteiger partial charge in [-0.2, -0.15) is 8.78 Å². The molecule has 0 atom stereocenters. The summed E-state index contributed by atoms with van der Waals surface area (Å²) in [5.74, 6) is -0.0112. The largest absolute Gasteiger partial charge is 0.435 e. The third-order valence-corrected chi connectivity index (χ3v) is 1.53. The van der Waals surface area contributed by atoms with Gasteiger partial charge in [0.25, 0.3) is 5.96 Å². The molecule has 0 bridgehead atoms. The fourth-order valence-electron chi connectivity index (χ4n) is 0.927. The molecule has 7 heteroatoms. The van der Waals surface area contributed by atoms with Crippen LogP contribution in [0.15, 0.2) is 29.4 Å². The number of rotatable bonds is 4. The zero-order valence-electron chi connectivity index (χ0n) is 8.23. The summed E-state index contributed by atoms with van der Waals surface area (Å²) in [5.41, 5.74) is 10.9. The Morgan fingerprint density at radius 2 is 1.94 bits per heavy atom. The number of nitrogens with zero attached hydrogens (tertiary/aromatic N) is 1. The normalized spacial score (nSPS) is 10.7. The van der Waals surface area contributed by atoms with Crippen LogP contribution in [0, 0.1) is 0 Å². The predicted octanol–water partition coefficient (Wildman–Crippen LogP) is -1.02. The topological polar surface area (TPSA) is 87.6 Å². The van der Waals surface area contributed by atoms with E-state index in [0.29, 0.717) is 5.56 Å². The standard InChI is InChI=1S/C9H10F2N4O/c10-8(11)16-7-3-1-6(2-4-7)5-14-15-9(12)13/h1-5,8H,(H4,12,13,15)/p+1/b14-5-. The summed E-state index contributed by atoms with van der Waals surface area (Å²) in [4.78, 5) is 0. The zero-order chi connectivity index (χ0) is 12.0. The fraction of sp³-hybridized carbons (Fsp3) is 0.111. The number of hydrogen-bond donors (Lipinski definition) is 3. The molecule has 5 N–H and O–H groups in total. The van der Waals surface area contributed by atoms with Crippen molar-refractivity contribution in [2.45, 2.75) is 6.61 Å². The van der Waals surface area contributed by atoms with Gasteiger partial charge in [0.15, 0.2) is 0 Å². The Bertz CT molecular complexity index is 385.